The molecule has 0 aliphatic carbocycles. The molecule has 5 atom stereocenters. The number of nitriles is 1. The van der Waals surface area contributed by atoms with Crippen molar-refractivity contribution in [2.45, 2.75) is 63.1 Å². The zero-order valence-corrected chi connectivity index (χ0v) is 37.1. The van der Waals surface area contributed by atoms with Gasteiger partial charge in [-0.25, -0.2) is 9.98 Å². The van der Waals surface area contributed by atoms with Gasteiger partial charge >= 0.3 is 5.97 Å². The monoisotopic (exact) mass is 894 g/mol. The van der Waals surface area contributed by atoms with E-state index in [2.05, 4.69) is 15.5 Å². The van der Waals surface area contributed by atoms with Gasteiger partial charge in [-0.1, -0.05) is 16.9 Å². The number of carbonyl (C=O) groups is 2. The normalized spacial score (nSPS) is 26.8. The van der Waals surface area contributed by atoms with Crippen LogP contribution >= 0.6 is 46.2 Å². The molecule has 0 saturated carbocycles. The third-order valence-corrected chi connectivity index (χ3v) is 15.0. The van der Waals surface area contributed by atoms with Crippen LogP contribution in [0.3, 0.4) is 0 Å². The molecule has 0 bridgehead atoms. The van der Waals surface area contributed by atoms with E-state index in [-0.39, 0.29) is 41.0 Å². The Labute approximate surface area is 366 Å². The maximum Gasteiger partial charge on any atom is 0.312 e. The molecule has 3 fully saturated rings. The summed E-state index contributed by atoms with van der Waals surface area (Å²) in [7, 11) is 0. The molecule has 5 N–H and O–H groups in total. The lowest BCUT2D eigenvalue weighted by molar-refractivity contribution is -0.153. The highest BCUT2D eigenvalue weighted by Gasteiger charge is 2.48. The standard InChI is InChI=1S/C18H17N5O2S2.C17H24N2O3S2.C6H9NO2/c19-6-11-1-2-14(21-7-11)16(24)22-13-5-15(26-10-13)18-3-4-25-8-12(18)9-27-17(20)23-18;1-16(2,3)22-15(20)7-14-19-17(13-6-12(18)10-23-13)4-5-21-8-11(17)9-24-14;1-2-8-3-5-4-9-7-6(1)5/h1-2,5,7,10,12H,3-4,8-9H2,(H2,20,23)(H,22,24);6,10-11H,4-5,7-9,18H2,1-3H3;5H,1-4H2/t12-,18-;11-,17-;5-/m000/s1. The van der Waals surface area contributed by atoms with Crippen LogP contribution in [0.25, 0.3) is 0 Å². The fraction of sp³-hybridized carbons (Fsp3) is 0.537. The second-order valence-electron chi connectivity index (χ2n) is 16.1. The highest BCUT2D eigenvalue weighted by atomic mass is 32.2. The number of aliphatic imine (C=N–C) groups is 2. The lowest BCUT2D eigenvalue weighted by atomic mass is 9.80. The minimum Gasteiger partial charge on any atom is -0.460 e. The predicted octanol–water partition coefficient (Wildman–Crippen LogP) is 6.41. The van der Waals surface area contributed by atoms with Gasteiger partial charge in [-0.3, -0.25) is 14.6 Å². The zero-order valence-electron chi connectivity index (χ0n) is 33.8. The number of ether oxygens (including phenoxy) is 4. The van der Waals surface area contributed by atoms with Gasteiger partial charge in [0.05, 0.1) is 60.8 Å². The number of hydrogen-bond donors (Lipinski definition) is 3. The van der Waals surface area contributed by atoms with Crippen molar-refractivity contribution in [1.29, 1.82) is 5.26 Å². The van der Waals surface area contributed by atoms with Crippen LogP contribution in [0.4, 0.5) is 11.4 Å². The van der Waals surface area contributed by atoms with Crippen molar-refractivity contribution in [1.82, 2.24) is 4.98 Å². The van der Waals surface area contributed by atoms with Gasteiger partial charge in [-0.05, 0) is 45.0 Å². The minimum atomic E-state index is -0.474. The smallest absolute Gasteiger partial charge is 0.312 e. The summed E-state index contributed by atoms with van der Waals surface area (Å²) in [6.07, 6.45) is 4.19. The maximum atomic E-state index is 12.4. The third-order valence-electron chi connectivity index (χ3n) is 10.7. The van der Waals surface area contributed by atoms with E-state index in [0.29, 0.717) is 54.7 Å². The molecule has 9 heterocycles. The van der Waals surface area contributed by atoms with Crippen molar-refractivity contribution in [3.8, 4) is 6.07 Å². The van der Waals surface area contributed by atoms with Gasteiger partial charge in [-0.15, -0.1) is 34.4 Å². The molecule has 0 aromatic carbocycles. The molecule has 1 amide bonds. The van der Waals surface area contributed by atoms with Gasteiger partial charge in [-0.2, -0.15) is 5.26 Å². The molecule has 19 heteroatoms. The fourth-order valence-electron chi connectivity index (χ4n) is 7.65. The molecule has 60 heavy (non-hydrogen) atoms. The number of esters is 1. The Morgan fingerprint density at radius 1 is 0.933 bits per heavy atom. The van der Waals surface area contributed by atoms with Crippen molar-refractivity contribution in [3.05, 3.63) is 62.2 Å². The van der Waals surface area contributed by atoms with Crippen LogP contribution in [0, 0.1) is 29.1 Å². The van der Waals surface area contributed by atoms with Crippen molar-refractivity contribution >= 4 is 85.4 Å². The number of hydrogen-bond acceptors (Lipinski definition) is 18. The van der Waals surface area contributed by atoms with E-state index >= 15 is 0 Å². The fourth-order valence-corrected chi connectivity index (χ4v) is 12.0. The number of nitrogens with zero attached hydrogens (tertiary/aromatic N) is 5. The van der Waals surface area contributed by atoms with Crippen LogP contribution < -0.4 is 16.8 Å². The lowest BCUT2D eigenvalue weighted by Crippen LogP contribution is -2.46. The molecule has 3 aromatic rings. The Kier molecular flexibility index (Phi) is 14.2. The van der Waals surface area contributed by atoms with Crippen molar-refractivity contribution in [2.24, 2.45) is 38.6 Å². The highest BCUT2D eigenvalue weighted by Crippen LogP contribution is 2.49. The summed E-state index contributed by atoms with van der Waals surface area (Å²) in [6.45, 7) is 10.7. The molecule has 6 aliphatic rings. The van der Waals surface area contributed by atoms with E-state index in [4.69, 9.17) is 50.5 Å². The Hall–Kier alpha value is -4.03. The van der Waals surface area contributed by atoms with Gasteiger partial charge in [0.1, 0.15) is 35.0 Å². The molecule has 9 rings (SSSR count). The number of anilines is 2. The maximum absolute atomic E-state index is 12.4. The molecular weight excluding hydrogens is 845 g/mol. The molecule has 0 radical (unpaired) electrons. The number of pyridine rings is 1. The number of carbonyl (C=O) groups excluding carboxylic acids is 2. The van der Waals surface area contributed by atoms with Gasteiger partial charge < -0.3 is 40.6 Å². The number of amidine groups is 1. The summed E-state index contributed by atoms with van der Waals surface area (Å²) in [5, 5.41) is 20.9. The predicted molar refractivity (Wildman–Crippen MR) is 238 cm³/mol. The number of nitrogen functional groups attached to an aromatic ring is 1. The van der Waals surface area contributed by atoms with E-state index < -0.39 is 5.60 Å². The molecule has 0 unspecified atom stereocenters. The number of rotatable bonds is 6. The number of amides is 1. The topological polar surface area (TPSA) is 218 Å². The quantitative estimate of drug-likeness (QED) is 0.228. The van der Waals surface area contributed by atoms with Crippen LogP contribution in [-0.4, -0.2) is 96.1 Å². The Morgan fingerprint density at radius 3 is 2.30 bits per heavy atom. The van der Waals surface area contributed by atoms with Crippen LogP contribution in [0.5, 0.6) is 0 Å². The number of fused-ring (bicyclic) bond motifs is 3. The molecule has 320 valence electrons. The molecule has 0 spiro atoms. The van der Waals surface area contributed by atoms with Gasteiger partial charge in [0.2, 0.25) is 0 Å². The first-order chi connectivity index (χ1) is 28.9. The van der Waals surface area contributed by atoms with Crippen molar-refractivity contribution in [2.75, 3.05) is 68.8 Å². The van der Waals surface area contributed by atoms with Crippen molar-refractivity contribution in [3.63, 3.8) is 0 Å². The Bertz CT molecular complexity index is 2150. The lowest BCUT2D eigenvalue weighted by Gasteiger charge is -2.43. The summed E-state index contributed by atoms with van der Waals surface area (Å²) in [5.41, 5.74) is 14.2. The number of thiophene rings is 2. The number of thioether (sulfide) groups is 2. The highest BCUT2D eigenvalue weighted by molar-refractivity contribution is 8.14. The molecule has 6 aliphatic heterocycles. The SMILES string of the molecule is C1CC2=NOC[C@@H]2CO1.CC(C)(C)OC(=O)CC1=N[C@@]2(c3cc(N)cs3)CCOC[C@H]2CS1.N#Cc1ccc(C(=O)Nc2csc([C@]34CCOC[C@H]3CSC(N)=N4)c2)nc1. The Balaban J connectivity index is 0.000000151. The van der Waals surface area contributed by atoms with Gasteiger partial charge in [0, 0.05) is 88.2 Å². The number of nitrogens with two attached hydrogens (primary N) is 2. The zero-order chi connectivity index (χ0) is 42.3. The summed E-state index contributed by atoms with van der Waals surface area (Å²) in [5.74, 6) is 2.30. The first-order valence-electron chi connectivity index (χ1n) is 19.8. The summed E-state index contributed by atoms with van der Waals surface area (Å²) in [4.78, 5) is 45.6. The molecule has 15 nitrogen and oxygen atoms in total. The second-order valence-corrected chi connectivity index (χ2v) is 20.0. The number of aromatic nitrogens is 1. The second kappa shape index (κ2) is 19.3. The molecular formula is C41H50N8O7S4. The number of nitrogens with one attached hydrogen (secondary N) is 1. The van der Waals surface area contributed by atoms with Gasteiger partial charge in [0.15, 0.2) is 5.17 Å². The van der Waals surface area contributed by atoms with E-state index in [1.807, 2.05) is 49.7 Å². The van der Waals surface area contributed by atoms with E-state index in [1.54, 1.807) is 52.3 Å². The van der Waals surface area contributed by atoms with Crippen LogP contribution in [0.1, 0.15) is 72.3 Å². The number of oxime groups is 1. The van der Waals surface area contributed by atoms with E-state index in [1.165, 1.54) is 22.9 Å². The van der Waals surface area contributed by atoms with Crippen molar-refractivity contribution < 1.29 is 33.4 Å². The van der Waals surface area contributed by atoms with E-state index in [9.17, 15) is 9.59 Å². The Morgan fingerprint density at radius 2 is 1.63 bits per heavy atom. The largest absolute Gasteiger partial charge is 0.460 e. The molecule has 3 saturated heterocycles. The average molecular weight is 895 g/mol. The summed E-state index contributed by atoms with van der Waals surface area (Å²) in [6, 6.07) is 9.09. The first-order valence-corrected chi connectivity index (χ1v) is 23.5. The third kappa shape index (κ3) is 10.5. The molecule has 3 aromatic heterocycles. The summed E-state index contributed by atoms with van der Waals surface area (Å²) >= 11 is 6.43. The van der Waals surface area contributed by atoms with Gasteiger partial charge in [0.25, 0.3) is 5.91 Å². The minimum absolute atomic E-state index is 0.222. The summed E-state index contributed by atoms with van der Waals surface area (Å²) < 4.78 is 22.0. The van der Waals surface area contributed by atoms with E-state index in [0.717, 1.165) is 66.2 Å². The van der Waals surface area contributed by atoms with Crippen LogP contribution in [-0.2, 0) is 39.7 Å². The first kappa shape index (κ1) is 44.0. The van der Waals surface area contributed by atoms with Crippen LogP contribution in [0.15, 0.2) is 56.4 Å². The average Bonchev–Trinajstić information content (AvgIpc) is 4.02. The van der Waals surface area contributed by atoms with Crippen LogP contribution in [0.2, 0.25) is 0 Å².